The normalized spacial score (nSPS) is 17.3. The lowest BCUT2D eigenvalue weighted by Gasteiger charge is -2.23. The molecule has 0 aliphatic carbocycles. The zero-order valence-corrected chi connectivity index (χ0v) is 17.1. The van der Waals surface area contributed by atoms with Crippen molar-refractivity contribution in [1.82, 2.24) is 14.8 Å². The minimum atomic E-state index is -0.281. The molecule has 6 heteroatoms. The number of rotatable bonds is 4. The van der Waals surface area contributed by atoms with E-state index in [-0.39, 0.29) is 17.7 Å². The Balaban J connectivity index is 1.60. The summed E-state index contributed by atoms with van der Waals surface area (Å²) in [5.41, 5.74) is 2.71. The largest absolute Gasteiger partial charge is 0.344 e. The smallest absolute Gasteiger partial charge is 0.272 e. The van der Waals surface area contributed by atoms with Crippen LogP contribution in [0.25, 0.3) is 10.4 Å². The second-order valence-electron chi connectivity index (χ2n) is 7.26. The number of carbonyl (C=O) groups is 2. The first-order valence-electron chi connectivity index (χ1n) is 9.70. The maximum atomic E-state index is 13.0. The predicted molar refractivity (Wildman–Crippen MR) is 115 cm³/mol. The molecule has 1 aliphatic rings. The molecule has 1 aromatic carbocycles. The summed E-state index contributed by atoms with van der Waals surface area (Å²) in [6.07, 6.45) is 2.22. The lowest BCUT2D eigenvalue weighted by molar-refractivity contribution is -0.133. The number of likely N-dealkylation sites (N-methyl/N-ethyl adjacent to an activating group) is 1. The fourth-order valence-electron chi connectivity index (χ4n) is 3.75. The molecule has 2 aromatic heterocycles. The number of amides is 2. The van der Waals surface area contributed by atoms with E-state index in [1.807, 2.05) is 31.3 Å². The van der Waals surface area contributed by atoms with Crippen molar-refractivity contribution >= 4 is 23.2 Å². The maximum absolute atomic E-state index is 13.0. The van der Waals surface area contributed by atoms with Crippen molar-refractivity contribution < 1.29 is 9.59 Å². The van der Waals surface area contributed by atoms with E-state index in [9.17, 15) is 9.59 Å². The van der Waals surface area contributed by atoms with Gasteiger partial charge < -0.3 is 9.80 Å². The molecule has 5 nitrogen and oxygen atoms in total. The molecule has 0 spiro atoms. The van der Waals surface area contributed by atoms with Crippen molar-refractivity contribution in [3.63, 3.8) is 0 Å². The Kier molecular flexibility index (Phi) is 5.71. The van der Waals surface area contributed by atoms with Gasteiger partial charge in [-0.3, -0.25) is 14.6 Å². The van der Waals surface area contributed by atoms with Gasteiger partial charge in [-0.05, 0) is 41.1 Å². The SMILES string of the molecule is CN1CCN(C(=O)c2ccccn2)CC(Cc2ccccc2-c2cccs2)C1=O. The van der Waals surface area contributed by atoms with Crippen molar-refractivity contribution in [3.05, 3.63) is 77.4 Å². The Morgan fingerprint density at radius 3 is 2.69 bits per heavy atom. The van der Waals surface area contributed by atoms with Crippen LogP contribution in [-0.4, -0.2) is 53.3 Å². The van der Waals surface area contributed by atoms with Crippen LogP contribution >= 0.6 is 11.3 Å². The fraction of sp³-hybridized carbons (Fsp3) is 0.261. The third-order valence-electron chi connectivity index (χ3n) is 5.31. The van der Waals surface area contributed by atoms with Gasteiger partial charge in [0.05, 0.1) is 5.92 Å². The van der Waals surface area contributed by atoms with Gasteiger partial charge in [0.25, 0.3) is 5.91 Å². The van der Waals surface area contributed by atoms with Crippen LogP contribution < -0.4 is 0 Å². The van der Waals surface area contributed by atoms with E-state index >= 15 is 0 Å². The van der Waals surface area contributed by atoms with E-state index in [1.165, 1.54) is 4.88 Å². The molecule has 1 saturated heterocycles. The highest BCUT2D eigenvalue weighted by Gasteiger charge is 2.32. The summed E-state index contributed by atoms with van der Waals surface area (Å²) in [4.78, 5) is 34.9. The first kappa shape index (κ1) is 19.3. The quantitative estimate of drug-likeness (QED) is 0.667. The highest BCUT2D eigenvalue weighted by molar-refractivity contribution is 7.13. The first-order chi connectivity index (χ1) is 14.1. The van der Waals surface area contributed by atoms with Crippen molar-refractivity contribution in [1.29, 1.82) is 0 Å². The van der Waals surface area contributed by atoms with Crippen molar-refractivity contribution in [2.45, 2.75) is 6.42 Å². The zero-order valence-electron chi connectivity index (χ0n) is 16.3. The standard InChI is InChI=1S/C23H23N3O2S/c1-25-12-13-26(23(28)20-9-4-5-11-24-20)16-18(22(25)27)15-17-7-2-3-8-19(17)21-10-6-14-29-21/h2-11,14,18H,12-13,15-16H2,1H3. The van der Waals surface area contributed by atoms with Gasteiger partial charge in [-0.15, -0.1) is 11.3 Å². The third kappa shape index (κ3) is 4.22. The van der Waals surface area contributed by atoms with Crippen LogP contribution in [0.5, 0.6) is 0 Å². The molecule has 4 rings (SSSR count). The minimum absolute atomic E-state index is 0.0855. The second kappa shape index (κ2) is 8.57. The minimum Gasteiger partial charge on any atom is -0.344 e. The summed E-state index contributed by atoms with van der Waals surface area (Å²) in [6.45, 7) is 1.44. The molecule has 0 N–H and O–H groups in total. The average Bonchev–Trinajstić information content (AvgIpc) is 3.26. The van der Waals surface area contributed by atoms with Crippen LogP contribution in [0.15, 0.2) is 66.2 Å². The average molecular weight is 406 g/mol. The molecular weight excluding hydrogens is 382 g/mol. The van der Waals surface area contributed by atoms with E-state index in [2.05, 4.69) is 28.6 Å². The molecule has 0 radical (unpaired) electrons. The third-order valence-corrected chi connectivity index (χ3v) is 6.22. The highest BCUT2D eigenvalue weighted by Crippen LogP contribution is 2.30. The number of hydrogen-bond donors (Lipinski definition) is 0. The van der Waals surface area contributed by atoms with Gasteiger partial charge in [-0.2, -0.15) is 0 Å². The summed E-state index contributed by atoms with van der Waals surface area (Å²) < 4.78 is 0. The molecule has 148 valence electrons. The molecule has 1 atom stereocenters. The number of benzene rings is 1. The van der Waals surface area contributed by atoms with E-state index in [0.29, 0.717) is 31.7 Å². The fourth-order valence-corrected chi connectivity index (χ4v) is 4.54. The van der Waals surface area contributed by atoms with E-state index in [1.54, 1.807) is 39.5 Å². The number of nitrogens with zero attached hydrogens (tertiary/aromatic N) is 3. The van der Waals surface area contributed by atoms with Crippen LogP contribution in [0, 0.1) is 5.92 Å². The van der Waals surface area contributed by atoms with E-state index < -0.39 is 0 Å². The number of hydrogen-bond acceptors (Lipinski definition) is 4. The van der Waals surface area contributed by atoms with Gasteiger partial charge in [0, 0.05) is 37.8 Å². The number of pyridine rings is 1. The molecule has 1 aliphatic heterocycles. The van der Waals surface area contributed by atoms with Crippen LogP contribution in [0.3, 0.4) is 0 Å². The van der Waals surface area contributed by atoms with Crippen LogP contribution in [0.4, 0.5) is 0 Å². The van der Waals surface area contributed by atoms with Gasteiger partial charge in [0.15, 0.2) is 0 Å². The monoisotopic (exact) mass is 405 g/mol. The van der Waals surface area contributed by atoms with Gasteiger partial charge in [-0.1, -0.05) is 36.4 Å². The highest BCUT2D eigenvalue weighted by atomic mass is 32.1. The van der Waals surface area contributed by atoms with E-state index in [4.69, 9.17) is 0 Å². The summed E-state index contributed by atoms with van der Waals surface area (Å²) in [5.74, 6) is -0.316. The molecule has 3 heterocycles. The molecular formula is C23H23N3O2S. The van der Waals surface area contributed by atoms with E-state index in [0.717, 1.165) is 11.1 Å². The van der Waals surface area contributed by atoms with Gasteiger partial charge in [0.1, 0.15) is 5.69 Å². The molecule has 3 aromatic rings. The first-order valence-corrected chi connectivity index (χ1v) is 10.6. The van der Waals surface area contributed by atoms with Crippen LogP contribution in [-0.2, 0) is 11.2 Å². The van der Waals surface area contributed by atoms with Gasteiger partial charge >= 0.3 is 0 Å². The summed E-state index contributed by atoms with van der Waals surface area (Å²) >= 11 is 1.69. The van der Waals surface area contributed by atoms with Crippen molar-refractivity contribution in [2.24, 2.45) is 5.92 Å². The lowest BCUT2D eigenvalue weighted by Crippen LogP contribution is -2.37. The Morgan fingerprint density at radius 1 is 1.10 bits per heavy atom. The topological polar surface area (TPSA) is 53.5 Å². The lowest BCUT2D eigenvalue weighted by atomic mass is 9.93. The Bertz CT molecular complexity index is 988. The molecule has 0 saturated carbocycles. The zero-order chi connectivity index (χ0) is 20.2. The Morgan fingerprint density at radius 2 is 1.93 bits per heavy atom. The van der Waals surface area contributed by atoms with Crippen molar-refractivity contribution in [3.8, 4) is 10.4 Å². The van der Waals surface area contributed by atoms with Crippen molar-refractivity contribution in [2.75, 3.05) is 26.7 Å². The van der Waals surface area contributed by atoms with Crippen LogP contribution in [0.2, 0.25) is 0 Å². The summed E-state index contributed by atoms with van der Waals surface area (Å²) in [6, 6.07) is 17.7. The number of carbonyl (C=O) groups excluding carboxylic acids is 2. The Labute approximate surface area is 174 Å². The molecule has 0 bridgehead atoms. The van der Waals surface area contributed by atoms with Gasteiger partial charge in [-0.25, -0.2) is 0 Å². The molecule has 1 unspecified atom stereocenters. The number of aromatic nitrogens is 1. The second-order valence-corrected chi connectivity index (χ2v) is 8.21. The predicted octanol–water partition coefficient (Wildman–Crippen LogP) is 3.58. The number of thiophene rings is 1. The van der Waals surface area contributed by atoms with Gasteiger partial charge in [0.2, 0.25) is 5.91 Å². The summed E-state index contributed by atoms with van der Waals surface area (Å²) in [7, 11) is 1.81. The maximum Gasteiger partial charge on any atom is 0.272 e. The van der Waals surface area contributed by atoms with Crippen LogP contribution in [0.1, 0.15) is 16.1 Å². The Hall–Kier alpha value is -2.99. The molecule has 2 amide bonds. The summed E-state index contributed by atoms with van der Waals surface area (Å²) in [5, 5.41) is 2.06. The molecule has 1 fully saturated rings. The molecule has 29 heavy (non-hydrogen) atoms.